The minimum atomic E-state index is -0.217. The first-order chi connectivity index (χ1) is 13.7. The van der Waals surface area contributed by atoms with Crippen LogP contribution in [-0.4, -0.2) is 66.7 Å². The van der Waals surface area contributed by atoms with Crippen LogP contribution < -0.4 is 15.1 Å². The SMILES string of the molecule is O=C(NCC1CCN(c2ccc(F)cc2)C1)N1CCN(c2ncccn2)CC1. The Kier molecular flexibility index (Phi) is 5.55. The van der Waals surface area contributed by atoms with E-state index >= 15 is 0 Å². The van der Waals surface area contributed by atoms with Crippen LogP contribution in [0.4, 0.5) is 20.8 Å². The minimum Gasteiger partial charge on any atom is -0.371 e. The third-order valence-electron chi connectivity index (χ3n) is 5.42. The monoisotopic (exact) mass is 384 g/mol. The van der Waals surface area contributed by atoms with Gasteiger partial charge in [0.1, 0.15) is 5.82 Å². The van der Waals surface area contributed by atoms with E-state index in [1.165, 1.54) is 12.1 Å². The van der Waals surface area contributed by atoms with Gasteiger partial charge in [0.25, 0.3) is 0 Å². The smallest absolute Gasteiger partial charge is 0.317 e. The first kappa shape index (κ1) is 18.5. The van der Waals surface area contributed by atoms with Crippen molar-refractivity contribution in [1.82, 2.24) is 20.2 Å². The van der Waals surface area contributed by atoms with E-state index in [9.17, 15) is 9.18 Å². The highest BCUT2D eigenvalue weighted by Crippen LogP contribution is 2.23. The summed E-state index contributed by atoms with van der Waals surface area (Å²) < 4.78 is 13.1. The summed E-state index contributed by atoms with van der Waals surface area (Å²) in [6.07, 6.45) is 4.49. The fourth-order valence-corrected chi connectivity index (χ4v) is 3.79. The molecule has 0 bridgehead atoms. The van der Waals surface area contributed by atoms with Crippen molar-refractivity contribution in [2.75, 3.05) is 55.6 Å². The zero-order valence-electron chi connectivity index (χ0n) is 15.8. The minimum absolute atomic E-state index is 0.00568. The van der Waals surface area contributed by atoms with Gasteiger partial charge in [0.05, 0.1) is 0 Å². The van der Waals surface area contributed by atoms with Crippen LogP contribution in [0.25, 0.3) is 0 Å². The molecule has 1 atom stereocenters. The Bertz CT molecular complexity index is 779. The highest BCUT2D eigenvalue weighted by Gasteiger charge is 2.26. The van der Waals surface area contributed by atoms with Crippen LogP contribution in [0.2, 0.25) is 0 Å². The third kappa shape index (κ3) is 4.32. The number of nitrogens with zero attached hydrogens (tertiary/aromatic N) is 5. The van der Waals surface area contributed by atoms with E-state index in [2.05, 4.69) is 25.1 Å². The third-order valence-corrected chi connectivity index (χ3v) is 5.42. The van der Waals surface area contributed by atoms with Crippen molar-refractivity contribution >= 4 is 17.7 Å². The quantitative estimate of drug-likeness (QED) is 0.873. The maximum absolute atomic E-state index is 13.1. The van der Waals surface area contributed by atoms with E-state index in [0.29, 0.717) is 25.6 Å². The molecule has 2 aliphatic heterocycles. The Morgan fingerprint density at radius 1 is 1.04 bits per heavy atom. The standard InChI is InChI=1S/C20H25FN6O/c21-17-2-4-18(5-3-17)27-9-6-16(15-27)14-24-20(28)26-12-10-25(11-13-26)19-22-7-1-8-23-19/h1-5,7-8,16H,6,9-15H2,(H,24,28). The topological polar surface area (TPSA) is 64.6 Å². The number of nitrogens with one attached hydrogen (secondary N) is 1. The molecule has 0 saturated carbocycles. The number of hydrogen-bond donors (Lipinski definition) is 1. The number of urea groups is 1. The lowest BCUT2D eigenvalue weighted by atomic mass is 10.1. The number of rotatable bonds is 4. The largest absolute Gasteiger partial charge is 0.371 e. The fourth-order valence-electron chi connectivity index (χ4n) is 3.79. The van der Waals surface area contributed by atoms with E-state index in [1.54, 1.807) is 18.5 Å². The summed E-state index contributed by atoms with van der Waals surface area (Å²) in [5.74, 6) is 0.910. The lowest BCUT2D eigenvalue weighted by molar-refractivity contribution is 0.192. The molecule has 2 fully saturated rings. The Morgan fingerprint density at radius 3 is 2.46 bits per heavy atom. The number of hydrogen-bond acceptors (Lipinski definition) is 5. The average molecular weight is 384 g/mol. The predicted octanol–water partition coefficient (Wildman–Crippen LogP) is 1.97. The number of halogens is 1. The van der Waals surface area contributed by atoms with Crippen LogP contribution in [0.5, 0.6) is 0 Å². The summed E-state index contributed by atoms with van der Waals surface area (Å²) in [6, 6.07) is 8.40. The molecular weight excluding hydrogens is 359 g/mol. The molecule has 1 aromatic heterocycles. The lowest BCUT2D eigenvalue weighted by Crippen LogP contribution is -2.52. The molecule has 1 N–H and O–H groups in total. The summed E-state index contributed by atoms with van der Waals surface area (Å²) >= 11 is 0. The molecule has 2 aromatic rings. The first-order valence-electron chi connectivity index (χ1n) is 9.74. The molecule has 2 amide bonds. The van der Waals surface area contributed by atoms with Crippen LogP contribution in [0.3, 0.4) is 0 Å². The number of piperazine rings is 1. The van der Waals surface area contributed by atoms with Gasteiger partial charge in [-0.25, -0.2) is 19.2 Å². The van der Waals surface area contributed by atoms with Gasteiger partial charge in [0.2, 0.25) is 5.95 Å². The maximum atomic E-state index is 13.1. The predicted molar refractivity (Wildman–Crippen MR) is 106 cm³/mol. The molecule has 0 radical (unpaired) electrons. The number of benzene rings is 1. The summed E-state index contributed by atoms with van der Waals surface area (Å²) in [6.45, 7) is 5.27. The van der Waals surface area contributed by atoms with Crippen molar-refractivity contribution < 1.29 is 9.18 Å². The van der Waals surface area contributed by atoms with Crippen molar-refractivity contribution in [1.29, 1.82) is 0 Å². The molecule has 8 heteroatoms. The fraction of sp³-hybridized carbons (Fsp3) is 0.450. The maximum Gasteiger partial charge on any atom is 0.317 e. The van der Waals surface area contributed by atoms with Gasteiger partial charge in [-0.05, 0) is 42.7 Å². The van der Waals surface area contributed by atoms with Gasteiger partial charge in [0.15, 0.2) is 0 Å². The second kappa shape index (κ2) is 8.41. The van der Waals surface area contributed by atoms with E-state index in [0.717, 1.165) is 44.2 Å². The number of aromatic nitrogens is 2. The molecule has 0 aliphatic carbocycles. The summed E-state index contributed by atoms with van der Waals surface area (Å²) in [5.41, 5.74) is 1.04. The number of carbonyl (C=O) groups is 1. The highest BCUT2D eigenvalue weighted by atomic mass is 19.1. The second-order valence-electron chi connectivity index (χ2n) is 7.29. The van der Waals surface area contributed by atoms with Crippen LogP contribution in [-0.2, 0) is 0 Å². The number of carbonyl (C=O) groups excluding carboxylic acids is 1. The zero-order chi connectivity index (χ0) is 19.3. The molecule has 1 aromatic carbocycles. The van der Waals surface area contributed by atoms with Gasteiger partial charge < -0.3 is 20.0 Å². The number of anilines is 2. The first-order valence-corrected chi connectivity index (χ1v) is 9.74. The molecule has 2 aliphatic rings. The molecule has 2 saturated heterocycles. The Hall–Kier alpha value is -2.90. The van der Waals surface area contributed by atoms with Crippen LogP contribution in [0, 0.1) is 11.7 Å². The van der Waals surface area contributed by atoms with Crippen molar-refractivity contribution in [3.05, 3.63) is 48.5 Å². The molecule has 148 valence electrons. The number of amides is 2. The Labute approximate surface area is 164 Å². The van der Waals surface area contributed by atoms with E-state index < -0.39 is 0 Å². The van der Waals surface area contributed by atoms with Crippen molar-refractivity contribution in [3.63, 3.8) is 0 Å². The Balaban J connectivity index is 1.20. The van der Waals surface area contributed by atoms with Gasteiger partial charge in [-0.15, -0.1) is 0 Å². The lowest BCUT2D eigenvalue weighted by Gasteiger charge is -2.34. The molecule has 0 spiro atoms. The van der Waals surface area contributed by atoms with Crippen molar-refractivity contribution in [2.24, 2.45) is 5.92 Å². The summed E-state index contributed by atoms with van der Waals surface area (Å²) in [7, 11) is 0. The summed E-state index contributed by atoms with van der Waals surface area (Å²) in [5, 5.41) is 3.08. The van der Waals surface area contributed by atoms with Gasteiger partial charge in [-0.3, -0.25) is 0 Å². The molecular formula is C20H25FN6O. The van der Waals surface area contributed by atoms with E-state index in [4.69, 9.17) is 0 Å². The second-order valence-corrected chi connectivity index (χ2v) is 7.29. The van der Waals surface area contributed by atoms with E-state index in [-0.39, 0.29) is 11.8 Å². The molecule has 28 heavy (non-hydrogen) atoms. The van der Waals surface area contributed by atoms with Crippen LogP contribution in [0.15, 0.2) is 42.7 Å². The average Bonchev–Trinajstić information content (AvgIpc) is 3.22. The van der Waals surface area contributed by atoms with E-state index in [1.807, 2.05) is 17.0 Å². The molecule has 4 rings (SSSR count). The van der Waals surface area contributed by atoms with Gasteiger partial charge in [0, 0.05) is 63.9 Å². The molecule has 7 nitrogen and oxygen atoms in total. The highest BCUT2D eigenvalue weighted by molar-refractivity contribution is 5.74. The molecule has 3 heterocycles. The van der Waals surface area contributed by atoms with Crippen molar-refractivity contribution in [3.8, 4) is 0 Å². The normalized spacial score (nSPS) is 19.8. The van der Waals surface area contributed by atoms with Gasteiger partial charge >= 0.3 is 6.03 Å². The van der Waals surface area contributed by atoms with Crippen LogP contribution >= 0.6 is 0 Å². The summed E-state index contributed by atoms with van der Waals surface area (Å²) in [4.78, 5) is 27.2. The van der Waals surface area contributed by atoms with Crippen LogP contribution in [0.1, 0.15) is 6.42 Å². The van der Waals surface area contributed by atoms with Crippen molar-refractivity contribution in [2.45, 2.75) is 6.42 Å². The van der Waals surface area contributed by atoms with Gasteiger partial charge in [-0.1, -0.05) is 0 Å². The molecule has 1 unspecified atom stereocenters. The van der Waals surface area contributed by atoms with Gasteiger partial charge in [-0.2, -0.15) is 0 Å². The zero-order valence-corrected chi connectivity index (χ0v) is 15.8. The Morgan fingerprint density at radius 2 is 1.75 bits per heavy atom.